The van der Waals surface area contributed by atoms with Crippen molar-refractivity contribution in [3.8, 4) is 0 Å². The number of nitrogens with zero attached hydrogens (tertiary/aromatic N) is 3. The van der Waals surface area contributed by atoms with Gasteiger partial charge in [0.05, 0.1) is 18.3 Å². The van der Waals surface area contributed by atoms with Crippen LogP contribution in [0.25, 0.3) is 0 Å². The molecule has 0 aromatic carbocycles. The summed E-state index contributed by atoms with van der Waals surface area (Å²) in [5, 5.41) is 7.62. The fraction of sp³-hybridized carbons (Fsp3) is 0.667. The summed E-state index contributed by atoms with van der Waals surface area (Å²) < 4.78 is 5.82. The molecule has 1 amide bonds. The highest BCUT2D eigenvalue weighted by Crippen LogP contribution is 2.22. The Labute approximate surface area is 125 Å². The van der Waals surface area contributed by atoms with Crippen LogP contribution in [0.5, 0.6) is 0 Å². The summed E-state index contributed by atoms with van der Waals surface area (Å²) in [6.45, 7) is 3.47. The molecule has 2 rings (SSSR count). The quantitative estimate of drug-likeness (QED) is 0.604. The van der Waals surface area contributed by atoms with Crippen LogP contribution in [-0.2, 0) is 14.3 Å². The van der Waals surface area contributed by atoms with Gasteiger partial charge in [-0.3, -0.25) is 9.59 Å². The first kappa shape index (κ1) is 15.2. The van der Waals surface area contributed by atoms with Gasteiger partial charge in [0, 0.05) is 13.1 Å². The van der Waals surface area contributed by atoms with Gasteiger partial charge in [-0.05, 0) is 19.8 Å². The van der Waals surface area contributed by atoms with E-state index in [0.29, 0.717) is 38.3 Å². The molecule has 0 radical (unpaired) electrons. The number of rotatable bonds is 5. The number of likely N-dealkylation sites (tertiary alicyclic amines) is 1. The second kappa shape index (κ2) is 7.58. The summed E-state index contributed by atoms with van der Waals surface area (Å²) in [6, 6.07) is 0. The fourth-order valence-corrected chi connectivity index (χ4v) is 3.46. The third kappa shape index (κ3) is 4.17. The third-order valence-corrected chi connectivity index (χ3v) is 4.97. The number of thioether (sulfide) groups is 1. The van der Waals surface area contributed by atoms with Crippen molar-refractivity contribution in [2.45, 2.75) is 24.1 Å². The molecule has 1 aliphatic rings. The van der Waals surface area contributed by atoms with E-state index in [1.165, 1.54) is 23.1 Å². The number of ether oxygens (including phenoxy) is 1. The van der Waals surface area contributed by atoms with Gasteiger partial charge in [-0.15, -0.1) is 10.2 Å². The number of hydrogen-bond acceptors (Lipinski definition) is 7. The van der Waals surface area contributed by atoms with Gasteiger partial charge in [0.25, 0.3) is 0 Å². The van der Waals surface area contributed by atoms with E-state index in [4.69, 9.17) is 4.74 Å². The maximum absolute atomic E-state index is 12.0. The first-order valence-electron chi connectivity index (χ1n) is 6.54. The predicted molar refractivity (Wildman–Crippen MR) is 76.6 cm³/mol. The molecule has 0 bridgehead atoms. The fourth-order valence-electron chi connectivity index (χ4n) is 2.07. The summed E-state index contributed by atoms with van der Waals surface area (Å²) in [5.74, 6) is 0.268. The SMILES string of the molecule is CCOC(=O)C1CCN(C(=O)CSc2nncs2)CC1. The lowest BCUT2D eigenvalue weighted by Gasteiger charge is -2.30. The highest BCUT2D eigenvalue weighted by molar-refractivity contribution is 8.01. The molecule has 0 aliphatic carbocycles. The molecule has 0 unspecified atom stereocenters. The normalized spacial score (nSPS) is 16.1. The predicted octanol–water partition coefficient (Wildman–Crippen LogP) is 1.43. The molecule has 0 N–H and O–H groups in total. The van der Waals surface area contributed by atoms with Gasteiger partial charge in [0.15, 0.2) is 4.34 Å². The van der Waals surface area contributed by atoms with Gasteiger partial charge >= 0.3 is 5.97 Å². The minimum absolute atomic E-state index is 0.0604. The van der Waals surface area contributed by atoms with Crippen LogP contribution < -0.4 is 0 Å². The van der Waals surface area contributed by atoms with Crippen LogP contribution in [0.1, 0.15) is 19.8 Å². The minimum atomic E-state index is -0.136. The molecule has 0 saturated carbocycles. The Kier molecular flexibility index (Phi) is 5.78. The van der Waals surface area contributed by atoms with Gasteiger partial charge in [0.2, 0.25) is 5.91 Å². The molecule has 1 aromatic rings. The molecule has 1 saturated heterocycles. The lowest BCUT2D eigenvalue weighted by molar-refractivity contribution is -0.151. The van der Waals surface area contributed by atoms with Crippen molar-refractivity contribution < 1.29 is 14.3 Å². The van der Waals surface area contributed by atoms with Crippen molar-refractivity contribution in [3.63, 3.8) is 0 Å². The topological polar surface area (TPSA) is 72.4 Å². The first-order valence-corrected chi connectivity index (χ1v) is 8.40. The van der Waals surface area contributed by atoms with Crippen LogP contribution in [0.15, 0.2) is 9.85 Å². The molecule has 1 aliphatic heterocycles. The number of aromatic nitrogens is 2. The number of piperidine rings is 1. The van der Waals surface area contributed by atoms with Crippen molar-refractivity contribution in [1.29, 1.82) is 0 Å². The highest BCUT2D eigenvalue weighted by atomic mass is 32.2. The Balaban J connectivity index is 1.73. The van der Waals surface area contributed by atoms with E-state index in [-0.39, 0.29) is 17.8 Å². The van der Waals surface area contributed by atoms with E-state index < -0.39 is 0 Å². The molecule has 8 heteroatoms. The summed E-state index contributed by atoms with van der Waals surface area (Å²) in [4.78, 5) is 25.5. The van der Waals surface area contributed by atoms with Crippen molar-refractivity contribution in [2.75, 3.05) is 25.4 Å². The Morgan fingerprint density at radius 2 is 2.25 bits per heavy atom. The van der Waals surface area contributed by atoms with E-state index in [0.717, 1.165) is 4.34 Å². The van der Waals surface area contributed by atoms with Crippen LogP contribution in [0, 0.1) is 5.92 Å². The average Bonchev–Trinajstić information content (AvgIpc) is 2.98. The maximum atomic E-state index is 12.0. The minimum Gasteiger partial charge on any atom is -0.466 e. The van der Waals surface area contributed by atoms with Gasteiger partial charge in [0.1, 0.15) is 5.51 Å². The summed E-state index contributed by atoms with van der Waals surface area (Å²) >= 11 is 2.84. The van der Waals surface area contributed by atoms with Gasteiger partial charge < -0.3 is 9.64 Å². The van der Waals surface area contributed by atoms with Crippen molar-refractivity contribution >= 4 is 35.0 Å². The smallest absolute Gasteiger partial charge is 0.309 e. The van der Waals surface area contributed by atoms with Crippen molar-refractivity contribution in [1.82, 2.24) is 15.1 Å². The Bertz CT molecular complexity index is 445. The molecule has 0 atom stereocenters. The molecule has 2 heterocycles. The van der Waals surface area contributed by atoms with Crippen molar-refractivity contribution in [2.24, 2.45) is 5.92 Å². The second-order valence-corrected chi connectivity index (χ2v) is 6.46. The zero-order valence-corrected chi connectivity index (χ0v) is 12.9. The molecule has 20 heavy (non-hydrogen) atoms. The number of carbonyl (C=O) groups excluding carboxylic acids is 2. The maximum Gasteiger partial charge on any atom is 0.309 e. The van der Waals surface area contributed by atoms with Crippen LogP contribution in [0.2, 0.25) is 0 Å². The second-order valence-electron chi connectivity index (χ2n) is 4.40. The lowest BCUT2D eigenvalue weighted by atomic mass is 9.97. The summed E-state index contributed by atoms with van der Waals surface area (Å²) in [6.07, 6.45) is 1.38. The zero-order chi connectivity index (χ0) is 14.4. The Morgan fingerprint density at radius 3 is 2.85 bits per heavy atom. The molecule has 1 aromatic heterocycles. The number of amides is 1. The Morgan fingerprint density at radius 1 is 1.50 bits per heavy atom. The van der Waals surface area contributed by atoms with E-state index in [2.05, 4.69) is 10.2 Å². The lowest BCUT2D eigenvalue weighted by Crippen LogP contribution is -2.41. The van der Waals surface area contributed by atoms with E-state index >= 15 is 0 Å². The number of carbonyl (C=O) groups is 2. The standard InChI is InChI=1S/C12H17N3O3S2/c1-2-18-11(17)9-3-5-15(6-4-9)10(16)7-19-12-14-13-8-20-12/h8-9H,2-7H2,1H3. The molecule has 110 valence electrons. The molecular formula is C12H17N3O3S2. The molecular weight excluding hydrogens is 298 g/mol. The van der Waals surface area contributed by atoms with Crippen LogP contribution in [0.4, 0.5) is 0 Å². The van der Waals surface area contributed by atoms with Gasteiger partial charge in [-0.2, -0.15) is 0 Å². The van der Waals surface area contributed by atoms with E-state index in [9.17, 15) is 9.59 Å². The molecule has 6 nitrogen and oxygen atoms in total. The number of hydrogen-bond donors (Lipinski definition) is 0. The summed E-state index contributed by atoms with van der Waals surface area (Å²) in [5.41, 5.74) is 1.65. The molecule has 0 spiro atoms. The van der Waals surface area contributed by atoms with Crippen LogP contribution in [-0.4, -0.2) is 52.4 Å². The van der Waals surface area contributed by atoms with E-state index in [1.807, 2.05) is 4.90 Å². The van der Waals surface area contributed by atoms with Gasteiger partial charge in [-0.1, -0.05) is 23.1 Å². The molecule has 1 fully saturated rings. The van der Waals surface area contributed by atoms with Crippen molar-refractivity contribution in [3.05, 3.63) is 5.51 Å². The average molecular weight is 315 g/mol. The van der Waals surface area contributed by atoms with Crippen LogP contribution >= 0.6 is 23.1 Å². The first-order chi connectivity index (χ1) is 9.70. The Hall–Kier alpha value is -1.15. The third-order valence-electron chi connectivity index (χ3n) is 3.13. The zero-order valence-electron chi connectivity index (χ0n) is 11.3. The summed E-state index contributed by atoms with van der Waals surface area (Å²) in [7, 11) is 0. The van der Waals surface area contributed by atoms with E-state index in [1.54, 1.807) is 12.4 Å². The largest absolute Gasteiger partial charge is 0.466 e. The highest BCUT2D eigenvalue weighted by Gasteiger charge is 2.28. The van der Waals surface area contributed by atoms with Gasteiger partial charge in [-0.25, -0.2) is 0 Å². The van der Waals surface area contributed by atoms with Crippen LogP contribution in [0.3, 0.4) is 0 Å². The number of esters is 1. The monoisotopic (exact) mass is 315 g/mol.